The van der Waals surface area contributed by atoms with E-state index in [2.05, 4.69) is 90.4 Å². The van der Waals surface area contributed by atoms with Gasteiger partial charge in [-0.15, -0.1) is 22.6 Å². The summed E-state index contributed by atoms with van der Waals surface area (Å²) in [6.45, 7) is 23.5. The minimum atomic E-state index is -4.20. The zero-order chi connectivity index (χ0) is 62.3. The molecule has 478 valence electrons. The van der Waals surface area contributed by atoms with Crippen molar-refractivity contribution in [2.75, 3.05) is 31.2 Å². The molecule has 2 amide bonds. The van der Waals surface area contributed by atoms with Crippen LogP contribution in [-0.4, -0.2) is 102 Å². The molecule has 0 spiro atoms. The van der Waals surface area contributed by atoms with Gasteiger partial charge in [0.15, 0.2) is 11.6 Å². The SMILES string of the molecule is C[C@@H]1CNC(C)(C)C1.Cc1cc(C#N)ccc1S(=O)(=O)NC(=O)c1ccc(-n2ccc(OCC3(C)CC3)n2)nc1Cl.Cc1cc(C#N)ccc1S(=O)(=O)NC(=O)c1ccc(-n2ccc(OCC3(C)CC3)n2)nc1N1C[C@@H](C)CC1(C)C.Cl.O=CO[O-].S.S.[H-].[K+].[K+]. The van der Waals surface area contributed by atoms with E-state index in [9.17, 15) is 26.4 Å². The predicted molar refractivity (Wildman–Crippen MR) is 342 cm³/mol. The van der Waals surface area contributed by atoms with Gasteiger partial charge < -0.3 is 31.3 Å². The van der Waals surface area contributed by atoms with E-state index in [4.69, 9.17) is 46.6 Å². The molecule has 31 heteroatoms. The van der Waals surface area contributed by atoms with Crippen LogP contribution in [0.1, 0.15) is 138 Å². The molecule has 2 aliphatic heterocycles. The van der Waals surface area contributed by atoms with Crippen LogP contribution in [0.5, 0.6) is 11.8 Å². The van der Waals surface area contributed by atoms with E-state index >= 15 is 0 Å². The van der Waals surface area contributed by atoms with E-state index < -0.39 is 31.9 Å². The van der Waals surface area contributed by atoms with Crippen LogP contribution in [0.2, 0.25) is 5.15 Å². The van der Waals surface area contributed by atoms with Crippen molar-refractivity contribution in [1.82, 2.24) is 44.3 Å². The molecule has 2 saturated carbocycles. The second kappa shape index (κ2) is 34.6. The average molecular weight is 1410 g/mol. The van der Waals surface area contributed by atoms with Crippen LogP contribution >= 0.6 is 51.0 Å². The van der Waals surface area contributed by atoms with Gasteiger partial charge in [-0.2, -0.15) is 37.5 Å². The van der Waals surface area contributed by atoms with Gasteiger partial charge in [0.1, 0.15) is 11.0 Å². The number of nitriles is 2. The van der Waals surface area contributed by atoms with Crippen LogP contribution in [0.3, 0.4) is 0 Å². The molecule has 0 bridgehead atoms. The molecule has 0 unspecified atom stereocenters. The first-order valence-corrected chi connectivity index (χ1v) is 30.7. The number of ether oxygens (including phenoxy) is 2. The first-order valence-electron chi connectivity index (χ1n) is 27.4. The first-order chi connectivity index (χ1) is 39.9. The van der Waals surface area contributed by atoms with Gasteiger partial charge in [-0.3, -0.25) is 14.4 Å². The molecule has 6 aromatic rings. The molecule has 23 nitrogen and oxygen atoms in total. The third-order valence-corrected chi connectivity index (χ3v) is 18.2. The molecule has 10 rings (SSSR count). The Balaban J connectivity index is 0.000000735. The molecule has 2 saturated heterocycles. The van der Waals surface area contributed by atoms with Crippen LogP contribution in [-0.2, 0) is 29.7 Å². The fraction of sp³-hybridized carbons (Fsp3) is 0.441. The Morgan fingerprint density at radius 1 is 0.722 bits per heavy atom. The van der Waals surface area contributed by atoms with Gasteiger partial charge in [-0.05, 0) is 170 Å². The summed E-state index contributed by atoms with van der Waals surface area (Å²) in [6.07, 6.45) is 10.2. The number of carbonyl (C=O) groups is 3. The van der Waals surface area contributed by atoms with E-state index in [-0.39, 0.29) is 193 Å². The van der Waals surface area contributed by atoms with Crippen LogP contribution in [0.15, 0.2) is 95.0 Å². The molecule has 90 heavy (non-hydrogen) atoms. The number of hydrogen-bond donors (Lipinski definition) is 3. The number of sulfonamides is 2. The molecule has 0 radical (unpaired) electrons. The monoisotopic (exact) mass is 1400 g/mol. The Labute approximate surface area is 638 Å². The smallest absolute Gasteiger partial charge is 1.00 e. The summed E-state index contributed by atoms with van der Waals surface area (Å²) in [7, 11) is -8.39. The van der Waals surface area contributed by atoms with Crippen molar-refractivity contribution in [3.8, 4) is 35.5 Å². The number of rotatable bonds is 16. The van der Waals surface area contributed by atoms with Gasteiger partial charge in [0, 0.05) is 53.0 Å². The Hall–Kier alpha value is -3.68. The van der Waals surface area contributed by atoms with Gasteiger partial charge in [0.05, 0.1) is 57.4 Å². The zero-order valence-electron chi connectivity index (χ0n) is 53.5. The van der Waals surface area contributed by atoms with E-state index in [0.29, 0.717) is 82.7 Å². The maximum Gasteiger partial charge on any atom is 1.00 e. The van der Waals surface area contributed by atoms with Crippen molar-refractivity contribution in [3.05, 3.63) is 124 Å². The second-order valence-corrected chi connectivity index (χ2v) is 27.7. The number of amides is 2. The van der Waals surface area contributed by atoms with Crippen LogP contribution in [0, 0.1) is 59.2 Å². The van der Waals surface area contributed by atoms with Crippen molar-refractivity contribution >= 4 is 95.2 Å². The molecule has 3 N–H and O–H groups in total. The van der Waals surface area contributed by atoms with Gasteiger partial charge in [-0.25, -0.2) is 45.6 Å². The number of carbonyl (C=O) groups excluding carboxylic acids is 3. The number of aromatic nitrogens is 6. The zero-order valence-corrected chi connectivity index (χ0v) is 64.0. The fourth-order valence-corrected chi connectivity index (χ4v) is 12.5. The minimum Gasteiger partial charge on any atom is -1.00 e. The summed E-state index contributed by atoms with van der Waals surface area (Å²) in [5.41, 5.74) is 1.94. The molecule has 6 heterocycles. The number of pyridine rings is 2. The van der Waals surface area contributed by atoms with E-state index in [1.165, 1.54) is 73.1 Å². The standard InChI is InChI=1S/C29H34N6O4S.C22H20ClN5O4S.C7H15N.CH2O3.ClH.2K.2H2S.H/c1-19-15-28(3,4)34(17-19)26-22(27(36)33-40(37,38)23-8-6-21(16-30)14-20(23)2)7-9-24(31-26)35-13-10-25(32-35)39-18-29(5)11-12-29;1-14-11-15(12-24)3-5-17(14)33(30,31)27-21(29)16-4-6-18(25-20(16)23)28-10-7-19(26-28)32-13-22(2)8-9-22;1-6-4-7(2,3)8-5-6;2-1-4-3;;;;;;/h6-10,13-14,19H,11-12,15,17-18H2,1-5H3,(H,33,36);3-7,10-11H,8-9,13H2,1-2H3,(H,27,29);6,8H,4-5H2,1-3H3;1,3H;1H;;;2*1H2;/q;;;;;2*+1;;;-1/p-1/t19-;;6-;;;;;;;/m0.0......./s1. The van der Waals surface area contributed by atoms with Crippen molar-refractivity contribution in [1.29, 1.82) is 10.5 Å². The summed E-state index contributed by atoms with van der Waals surface area (Å²) in [5, 5.41) is 38.6. The number of nitrogens with zero attached hydrogens (tertiary/aromatic N) is 9. The molecular weight excluding hydrogens is 1330 g/mol. The van der Waals surface area contributed by atoms with E-state index in [0.717, 1.165) is 38.0 Å². The van der Waals surface area contributed by atoms with Gasteiger partial charge >= 0.3 is 103 Å². The summed E-state index contributed by atoms with van der Waals surface area (Å²) < 4.78 is 70.6. The number of benzene rings is 2. The summed E-state index contributed by atoms with van der Waals surface area (Å²) >= 11 is 6.18. The second-order valence-electron chi connectivity index (χ2n) is 24.0. The van der Waals surface area contributed by atoms with E-state index in [1.54, 1.807) is 48.3 Å². The average Bonchev–Trinajstić information content (AvgIpc) is 0.940. The van der Waals surface area contributed by atoms with Crippen molar-refractivity contribution in [3.63, 3.8) is 0 Å². The van der Waals surface area contributed by atoms with Crippen molar-refractivity contribution in [2.24, 2.45) is 22.7 Å². The number of aryl methyl sites for hydroxylation is 2. The van der Waals surface area contributed by atoms with Crippen molar-refractivity contribution < 1.29 is 155 Å². The maximum absolute atomic E-state index is 13.5. The molecule has 2 aromatic carbocycles. The quantitative estimate of drug-likeness (QED) is 0.0412. The van der Waals surface area contributed by atoms with E-state index in [1.807, 2.05) is 16.9 Å². The number of halogens is 2. The third-order valence-electron chi connectivity index (χ3n) is 14.9. The minimum absolute atomic E-state index is 0. The Morgan fingerprint density at radius 2 is 1.16 bits per heavy atom. The Bertz CT molecular complexity index is 3810. The fourth-order valence-electron chi connectivity index (χ4n) is 9.84. The molecule has 2 atom stereocenters. The van der Waals surface area contributed by atoms with Crippen LogP contribution < -0.4 is 137 Å². The first kappa shape index (κ1) is 82.4. The number of hydrogen-bond acceptors (Lipinski definition) is 19. The van der Waals surface area contributed by atoms with Gasteiger partial charge in [0.25, 0.3) is 38.3 Å². The molecule has 4 aromatic heterocycles. The summed E-state index contributed by atoms with van der Waals surface area (Å²) in [4.78, 5) is 48.3. The summed E-state index contributed by atoms with van der Waals surface area (Å²) in [6, 6.07) is 21.8. The number of anilines is 1. The van der Waals surface area contributed by atoms with Crippen LogP contribution in [0.25, 0.3) is 11.6 Å². The number of nitrogens with one attached hydrogen (secondary N) is 3. The largest absolute Gasteiger partial charge is 1.00 e. The maximum atomic E-state index is 13.5. The topological polar surface area (TPSA) is 319 Å². The summed E-state index contributed by atoms with van der Waals surface area (Å²) in [5.74, 6) is 1.69. The third kappa shape index (κ3) is 22.5. The van der Waals surface area contributed by atoms with Crippen molar-refractivity contribution in [2.45, 2.75) is 129 Å². The Morgan fingerprint density at radius 3 is 1.50 bits per heavy atom. The van der Waals surface area contributed by atoms with Gasteiger partial charge in [0.2, 0.25) is 11.8 Å². The molecule has 4 fully saturated rings. The molecular formula is C59H76Cl2K2N12O11S4. The van der Waals surface area contributed by atoms with Crippen LogP contribution in [0.4, 0.5) is 5.82 Å². The predicted octanol–water partition coefficient (Wildman–Crippen LogP) is 2.37. The molecule has 4 aliphatic rings. The Kier molecular flexibility index (Phi) is 31.7. The normalized spacial score (nSPS) is 17.2. The molecule has 2 aliphatic carbocycles. The van der Waals surface area contributed by atoms with Gasteiger partial charge in [-0.1, -0.05) is 39.3 Å².